The molecule has 4 bridgehead atoms. The van der Waals surface area contributed by atoms with Gasteiger partial charge >= 0.3 is 5.97 Å². The molecule has 24 heavy (non-hydrogen) atoms. The Morgan fingerprint density at radius 2 is 2.21 bits per heavy atom. The average Bonchev–Trinajstić information content (AvgIpc) is 2.99. The Labute approximate surface area is 141 Å². The molecule has 1 aromatic heterocycles. The first kappa shape index (κ1) is 14.3. The first-order chi connectivity index (χ1) is 11.7. The predicted octanol–water partition coefficient (Wildman–Crippen LogP) is 3.20. The lowest BCUT2D eigenvalue weighted by Gasteiger charge is -2.57. The summed E-state index contributed by atoms with van der Waals surface area (Å²) in [4.78, 5) is 18.8. The number of nitrogens with zero attached hydrogens (tertiary/aromatic N) is 1. The van der Waals surface area contributed by atoms with Crippen molar-refractivity contribution in [3.63, 3.8) is 0 Å². The van der Waals surface area contributed by atoms with Crippen molar-refractivity contribution < 1.29 is 9.53 Å². The van der Waals surface area contributed by atoms with Crippen LogP contribution in [0.2, 0.25) is 0 Å². The highest BCUT2D eigenvalue weighted by Crippen LogP contribution is 2.54. The number of methoxy groups -OCH3 is 1. The Morgan fingerprint density at radius 1 is 1.38 bits per heavy atom. The van der Waals surface area contributed by atoms with Crippen LogP contribution in [0.5, 0.6) is 0 Å². The number of esters is 1. The van der Waals surface area contributed by atoms with Crippen molar-refractivity contribution >= 4 is 16.9 Å². The number of hydrogen-bond donors (Lipinski definition) is 1. The highest BCUT2D eigenvalue weighted by molar-refractivity contribution is 5.86. The van der Waals surface area contributed by atoms with Gasteiger partial charge in [0.05, 0.1) is 19.1 Å². The van der Waals surface area contributed by atoms with Crippen LogP contribution in [0.15, 0.2) is 35.9 Å². The van der Waals surface area contributed by atoms with Crippen molar-refractivity contribution in [2.45, 2.75) is 31.8 Å². The van der Waals surface area contributed by atoms with E-state index < -0.39 is 0 Å². The predicted molar refractivity (Wildman–Crippen MR) is 92.6 cm³/mol. The molecule has 0 radical (unpaired) electrons. The van der Waals surface area contributed by atoms with Gasteiger partial charge < -0.3 is 9.72 Å². The second kappa shape index (κ2) is 4.96. The molecule has 0 aliphatic carbocycles. The van der Waals surface area contributed by atoms with E-state index in [4.69, 9.17) is 4.74 Å². The molecule has 2 aromatic rings. The molecule has 4 heteroatoms. The second-order valence-corrected chi connectivity index (χ2v) is 7.28. The van der Waals surface area contributed by atoms with Crippen molar-refractivity contribution in [2.24, 2.45) is 11.8 Å². The first-order valence-corrected chi connectivity index (χ1v) is 8.81. The highest BCUT2D eigenvalue weighted by atomic mass is 16.5. The number of rotatable bonds is 1. The van der Waals surface area contributed by atoms with Crippen LogP contribution >= 0.6 is 0 Å². The SMILES string of the molecule is C/C=C1/CN2[C@H]3C[C@@H]1C(C(=O)OC)[C@@H]2Cc1c3[nH]c2ccccc12. The van der Waals surface area contributed by atoms with Crippen molar-refractivity contribution in [1.82, 2.24) is 9.88 Å². The Kier molecular flexibility index (Phi) is 2.95. The van der Waals surface area contributed by atoms with Crippen LogP contribution in [0.4, 0.5) is 0 Å². The standard InChI is InChI=1S/C20H22N2O2/c1-3-11-10-22-16-9-14-12-6-4-5-7-15(12)21-19(14)17(22)8-13(11)18(16)20(23)24-2/h3-7,13,16-18,21H,8-10H2,1-2H3/b11-3-/t13-,16-,17-,18?/m0/s1. The van der Waals surface area contributed by atoms with E-state index in [0.29, 0.717) is 12.0 Å². The Hall–Kier alpha value is -2.07. The number of carbonyl (C=O) groups excluding carboxylic acids is 1. The maximum absolute atomic E-state index is 12.5. The van der Waals surface area contributed by atoms with Gasteiger partial charge in [0.1, 0.15) is 0 Å². The van der Waals surface area contributed by atoms with E-state index in [-0.39, 0.29) is 17.9 Å². The molecule has 2 unspecified atom stereocenters. The van der Waals surface area contributed by atoms with Crippen LogP contribution in [0.25, 0.3) is 10.9 Å². The fourth-order valence-electron chi connectivity index (χ4n) is 5.39. The van der Waals surface area contributed by atoms with Gasteiger partial charge in [-0.15, -0.1) is 0 Å². The van der Waals surface area contributed by atoms with Gasteiger partial charge in [0.25, 0.3) is 0 Å². The van der Waals surface area contributed by atoms with Crippen molar-refractivity contribution in [3.05, 3.63) is 47.2 Å². The fourth-order valence-corrected chi connectivity index (χ4v) is 5.39. The highest BCUT2D eigenvalue weighted by Gasteiger charge is 2.55. The zero-order chi connectivity index (χ0) is 16.4. The van der Waals surface area contributed by atoms with Crippen LogP contribution in [-0.2, 0) is 16.0 Å². The molecule has 3 fully saturated rings. The van der Waals surface area contributed by atoms with Crippen molar-refractivity contribution in [1.29, 1.82) is 0 Å². The zero-order valence-corrected chi connectivity index (χ0v) is 14.1. The molecule has 1 aromatic carbocycles. The summed E-state index contributed by atoms with van der Waals surface area (Å²) in [6.07, 6.45) is 4.15. The number of H-pyrrole nitrogens is 1. The summed E-state index contributed by atoms with van der Waals surface area (Å²) in [5.74, 6) is 0.241. The van der Waals surface area contributed by atoms with Gasteiger partial charge in [0, 0.05) is 29.2 Å². The van der Waals surface area contributed by atoms with Crippen LogP contribution in [0.1, 0.15) is 30.6 Å². The van der Waals surface area contributed by atoms with E-state index in [1.54, 1.807) is 0 Å². The van der Waals surface area contributed by atoms with Gasteiger partial charge in [-0.3, -0.25) is 9.69 Å². The lowest BCUT2D eigenvalue weighted by Crippen LogP contribution is -2.62. The van der Waals surface area contributed by atoms with Gasteiger partial charge in [0.2, 0.25) is 0 Å². The van der Waals surface area contributed by atoms with E-state index in [0.717, 1.165) is 19.4 Å². The van der Waals surface area contributed by atoms with Crippen molar-refractivity contribution in [2.75, 3.05) is 13.7 Å². The van der Waals surface area contributed by atoms with E-state index in [9.17, 15) is 4.79 Å². The minimum Gasteiger partial charge on any atom is -0.469 e. The Balaban J connectivity index is 1.67. The van der Waals surface area contributed by atoms with Gasteiger partial charge in [-0.05, 0) is 37.3 Å². The van der Waals surface area contributed by atoms with E-state index in [1.807, 2.05) is 0 Å². The quantitative estimate of drug-likeness (QED) is 0.648. The number of hydrogen-bond acceptors (Lipinski definition) is 3. The molecule has 0 spiro atoms. The molecule has 3 saturated heterocycles. The van der Waals surface area contributed by atoms with E-state index in [2.05, 4.69) is 47.1 Å². The molecule has 4 aliphatic rings. The number of piperidine rings is 3. The number of carbonyl (C=O) groups is 1. The number of allylic oxidation sites excluding steroid dienone is 1. The molecule has 124 valence electrons. The number of ether oxygens (including phenoxy) is 1. The third kappa shape index (κ3) is 1.69. The Morgan fingerprint density at radius 3 is 3.00 bits per heavy atom. The molecule has 0 saturated carbocycles. The van der Waals surface area contributed by atoms with Gasteiger partial charge in [0.15, 0.2) is 0 Å². The van der Waals surface area contributed by atoms with E-state index >= 15 is 0 Å². The summed E-state index contributed by atoms with van der Waals surface area (Å²) in [5.41, 5.74) is 5.40. The van der Waals surface area contributed by atoms with Gasteiger partial charge in [-0.2, -0.15) is 0 Å². The van der Waals surface area contributed by atoms with Crippen molar-refractivity contribution in [3.8, 4) is 0 Å². The lowest BCUT2D eigenvalue weighted by molar-refractivity contribution is -0.157. The normalized spacial score (nSPS) is 35.2. The molecule has 6 rings (SSSR count). The third-order valence-electron chi connectivity index (χ3n) is 6.43. The number of para-hydroxylation sites is 1. The first-order valence-electron chi connectivity index (χ1n) is 8.81. The van der Waals surface area contributed by atoms with Crippen LogP contribution in [0, 0.1) is 11.8 Å². The van der Waals surface area contributed by atoms with Crippen LogP contribution < -0.4 is 0 Å². The maximum Gasteiger partial charge on any atom is 0.310 e. The van der Waals surface area contributed by atoms with Gasteiger partial charge in [-0.25, -0.2) is 0 Å². The third-order valence-corrected chi connectivity index (χ3v) is 6.43. The largest absolute Gasteiger partial charge is 0.469 e. The summed E-state index contributed by atoms with van der Waals surface area (Å²) < 4.78 is 5.18. The summed E-state index contributed by atoms with van der Waals surface area (Å²) in [6.45, 7) is 3.08. The number of aromatic nitrogens is 1. The number of fused-ring (bicyclic) bond motifs is 4. The number of aromatic amines is 1. The summed E-state index contributed by atoms with van der Waals surface area (Å²) in [5, 5.41) is 1.32. The number of benzene rings is 1. The molecule has 4 aliphatic heterocycles. The molecular weight excluding hydrogens is 300 g/mol. The summed E-state index contributed by atoms with van der Waals surface area (Å²) >= 11 is 0. The average molecular weight is 322 g/mol. The monoisotopic (exact) mass is 322 g/mol. The minimum atomic E-state index is -0.0456. The molecule has 5 atom stereocenters. The molecular formula is C20H22N2O2. The summed E-state index contributed by atoms with van der Waals surface area (Å²) in [6, 6.07) is 9.20. The fraction of sp³-hybridized carbons (Fsp3) is 0.450. The molecule has 5 heterocycles. The topological polar surface area (TPSA) is 45.3 Å². The van der Waals surface area contributed by atoms with Gasteiger partial charge in [-0.1, -0.05) is 29.8 Å². The second-order valence-electron chi connectivity index (χ2n) is 7.28. The molecule has 4 nitrogen and oxygen atoms in total. The van der Waals surface area contributed by atoms with E-state index in [1.165, 1.54) is 34.8 Å². The molecule has 1 N–H and O–H groups in total. The maximum atomic E-state index is 12.5. The smallest absolute Gasteiger partial charge is 0.310 e. The Bertz CT molecular complexity index is 866. The minimum absolute atomic E-state index is 0.0342. The van der Waals surface area contributed by atoms with Crippen LogP contribution in [-0.4, -0.2) is 35.5 Å². The van der Waals surface area contributed by atoms with Crippen LogP contribution in [0.3, 0.4) is 0 Å². The molecule has 0 amide bonds. The number of nitrogens with one attached hydrogen (secondary N) is 1. The lowest BCUT2D eigenvalue weighted by atomic mass is 9.64. The summed E-state index contributed by atoms with van der Waals surface area (Å²) in [7, 11) is 1.52. The zero-order valence-electron chi connectivity index (χ0n) is 14.1.